The molecule has 1 aromatic heterocycles. The maximum absolute atomic E-state index is 13.6. The molecule has 0 aliphatic heterocycles. The molecule has 0 aliphatic rings. The Labute approximate surface area is 188 Å². The number of hydrogen-bond donors (Lipinski definition) is 2. The zero-order valence-electron chi connectivity index (χ0n) is 17.6. The molecule has 0 fully saturated rings. The molecule has 2 N–H and O–H groups in total. The number of rotatable bonds is 9. The smallest absolute Gasteiger partial charge is 0.182 e. The van der Waals surface area contributed by atoms with Gasteiger partial charge in [-0.2, -0.15) is 0 Å². The number of carboxylic acid groups (broad SMARTS) is 1. The number of aliphatic hydroxyl groups excluding tert-OH is 2. The van der Waals surface area contributed by atoms with E-state index in [0.717, 1.165) is 0 Å². The average molecular weight is 455 g/mol. The van der Waals surface area contributed by atoms with Crippen LogP contribution in [0.1, 0.15) is 29.8 Å². The molecule has 3 aromatic rings. The highest BCUT2D eigenvalue weighted by molar-refractivity contribution is 6.00. The van der Waals surface area contributed by atoms with Crippen molar-refractivity contribution < 1.29 is 28.9 Å². The molecule has 3 rings (SSSR count). The Morgan fingerprint density at radius 3 is 2.06 bits per heavy atom. The van der Waals surface area contributed by atoms with Crippen LogP contribution in [0.15, 0.2) is 60.7 Å². The number of carbonyl (C=O) groups is 1. The second kappa shape index (κ2) is 10.7. The number of aliphatic hydroxyl groups is 2. The minimum Gasteiger partial charge on any atom is -0.550 e. The topological polar surface area (TPSA) is 124 Å². The van der Waals surface area contributed by atoms with E-state index in [4.69, 9.17) is 0 Å². The van der Waals surface area contributed by atoms with Crippen molar-refractivity contribution in [3.63, 3.8) is 0 Å². The van der Waals surface area contributed by atoms with Crippen molar-refractivity contribution in [3.8, 4) is 0 Å². The summed E-state index contributed by atoms with van der Waals surface area (Å²) in [6.07, 6.45) is -0.473. The number of benzene rings is 2. The average Bonchev–Trinajstić information content (AvgIpc) is 3.18. The second-order valence-corrected chi connectivity index (χ2v) is 7.32. The molecule has 0 aliphatic carbocycles. The number of halogens is 2. The van der Waals surface area contributed by atoms with Crippen LogP contribution in [0.4, 0.5) is 8.78 Å². The first-order valence-corrected chi connectivity index (χ1v) is 9.97. The molecule has 2 atom stereocenters. The number of allylic oxidation sites excluding steroid dienone is 2. The highest BCUT2D eigenvalue weighted by atomic mass is 19.1. The molecule has 0 amide bonds. The molecule has 2 unspecified atom stereocenters. The summed E-state index contributed by atoms with van der Waals surface area (Å²) >= 11 is 0. The standard InChI is InChI=1S/C23H22F2N4O4/c1-29-23(26-27-28-29)20(11-10-18(30)12-19(31)13-21(32)33)22(14-2-6-16(24)7-3-14)15-4-8-17(25)9-5-15/h2-11,18-19,30-31H,12-13H2,1H3,(H,32,33)/p-1. The quantitative estimate of drug-likeness (QED) is 0.466. The largest absolute Gasteiger partial charge is 0.550 e. The predicted molar refractivity (Wildman–Crippen MR) is 113 cm³/mol. The lowest BCUT2D eigenvalue weighted by Crippen LogP contribution is -2.29. The third kappa shape index (κ3) is 6.37. The van der Waals surface area contributed by atoms with E-state index < -0.39 is 36.2 Å². The molecule has 172 valence electrons. The number of nitrogens with zero attached hydrogens (tertiary/aromatic N) is 4. The van der Waals surface area contributed by atoms with E-state index in [1.807, 2.05) is 0 Å². The molecule has 8 nitrogen and oxygen atoms in total. The second-order valence-electron chi connectivity index (χ2n) is 7.32. The monoisotopic (exact) mass is 455 g/mol. The van der Waals surface area contributed by atoms with Crippen molar-refractivity contribution in [1.29, 1.82) is 0 Å². The van der Waals surface area contributed by atoms with E-state index in [2.05, 4.69) is 15.5 Å². The number of carboxylic acids is 1. The van der Waals surface area contributed by atoms with E-state index in [1.54, 1.807) is 31.3 Å². The third-order valence-corrected chi connectivity index (χ3v) is 4.80. The van der Waals surface area contributed by atoms with Crippen molar-refractivity contribution >= 4 is 17.1 Å². The molecule has 33 heavy (non-hydrogen) atoms. The van der Waals surface area contributed by atoms with Gasteiger partial charge < -0.3 is 20.1 Å². The van der Waals surface area contributed by atoms with Crippen molar-refractivity contribution in [2.45, 2.75) is 25.0 Å². The number of aryl methyl sites for hydroxylation is 1. The van der Waals surface area contributed by atoms with E-state index in [1.165, 1.54) is 41.1 Å². The van der Waals surface area contributed by atoms with E-state index in [0.29, 0.717) is 28.1 Å². The summed E-state index contributed by atoms with van der Waals surface area (Å²) < 4.78 is 28.6. The maximum atomic E-state index is 13.6. The zero-order chi connectivity index (χ0) is 24.0. The first kappa shape index (κ1) is 23.9. The van der Waals surface area contributed by atoms with E-state index in [9.17, 15) is 28.9 Å². The molecule has 10 heteroatoms. The minimum absolute atomic E-state index is 0.239. The van der Waals surface area contributed by atoms with Crippen LogP contribution in [-0.4, -0.2) is 48.6 Å². The van der Waals surface area contributed by atoms with E-state index >= 15 is 0 Å². The van der Waals surface area contributed by atoms with Gasteiger partial charge in [0.2, 0.25) is 0 Å². The molecule has 0 saturated heterocycles. The summed E-state index contributed by atoms with van der Waals surface area (Å²) in [5.41, 5.74) is 2.12. The van der Waals surface area contributed by atoms with Gasteiger partial charge in [0.1, 0.15) is 11.6 Å². The van der Waals surface area contributed by atoms with Crippen molar-refractivity contribution in [1.82, 2.24) is 20.2 Å². The lowest BCUT2D eigenvalue weighted by Gasteiger charge is -2.15. The fourth-order valence-electron chi connectivity index (χ4n) is 3.28. The van der Waals surface area contributed by atoms with Gasteiger partial charge in [-0.15, -0.1) is 5.10 Å². The first-order chi connectivity index (χ1) is 15.7. The molecule has 0 radical (unpaired) electrons. The molecule has 1 heterocycles. The molecule has 0 bridgehead atoms. The van der Waals surface area contributed by atoms with Gasteiger partial charge in [0, 0.05) is 31.4 Å². The summed E-state index contributed by atoms with van der Waals surface area (Å²) in [5.74, 6) is -2.00. The van der Waals surface area contributed by atoms with Gasteiger partial charge in [-0.25, -0.2) is 13.5 Å². The Morgan fingerprint density at radius 1 is 1.06 bits per heavy atom. The molecular formula is C23H21F2N4O4-. The summed E-state index contributed by atoms with van der Waals surface area (Å²) in [6.45, 7) is 0. The highest BCUT2D eigenvalue weighted by Gasteiger charge is 2.18. The Morgan fingerprint density at radius 2 is 1.61 bits per heavy atom. The lowest BCUT2D eigenvalue weighted by molar-refractivity contribution is -0.307. The first-order valence-electron chi connectivity index (χ1n) is 9.97. The number of aliphatic carboxylic acids is 1. The number of carbonyl (C=O) groups excluding carboxylic acids is 1. The Kier molecular flexibility index (Phi) is 7.75. The minimum atomic E-state index is -1.43. The van der Waals surface area contributed by atoms with Crippen LogP contribution in [0.3, 0.4) is 0 Å². The predicted octanol–water partition coefficient (Wildman–Crippen LogP) is 1.26. The number of hydrogen-bond acceptors (Lipinski definition) is 7. The van der Waals surface area contributed by atoms with Crippen LogP contribution < -0.4 is 5.11 Å². The van der Waals surface area contributed by atoms with Gasteiger partial charge in [0.15, 0.2) is 5.82 Å². The maximum Gasteiger partial charge on any atom is 0.182 e. The summed E-state index contributed by atoms with van der Waals surface area (Å²) in [4.78, 5) is 10.6. The third-order valence-electron chi connectivity index (χ3n) is 4.80. The van der Waals surface area contributed by atoms with Crippen LogP contribution in [0, 0.1) is 11.6 Å². The van der Waals surface area contributed by atoms with Crippen LogP contribution in [0.25, 0.3) is 11.1 Å². The van der Waals surface area contributed by atoms with Crippen molar-refractivity contribution in [3.05, 3.63) is 89.3 Å². The Balaban J connectivity index is 2.13. The van der Waals surface area contributed by atoms with Crippen molar-refractivity contribution in [2.24, 2.45) is 7.05 Å². The summed E-state index contributed by atoms with van der Waals surface area (Å²) in [6, 6.07) is 11.3. The van der Waals surface area contributed by atoms with Crippen LogP contribution >= 0.6 is 0 Å². The van der Waals surface area contributed by atoms with Gasteiger partial charge in [0.05, 0.1) is 12.2 Å². The molecular weight excluding hydrogens is 434 g/mol. The zero-order valence-corrected chi connectivity index (χ0v) is 17.6. The Hall–Kier alpha value is -3.76. The van der Waals surface area contributed by atoms with Crippen molar-refractivity contribution in [2.75, 3.05) is 0 Å². The fraction of sp³-hybridized carbons (Fsp3) is 0.217. The van der Waals surface area contributed by atoms with Gasteiger partial charge in [-0.1, -0.05) is 36.4 Å². The summed E-state index contributed by atoms with van der Waals surface area (Å²) in [5, 5.41) is 42.2. The highest BCUT2D eigenvalue weighted by Crippen LogP contribution is 2.32. The molecule has 2 aromatic carbocycles. The van der Waals surface area contributed by atoms with E-state index in [-0.39, 0.29) is 6.42 Å². The van der Waals surface area contributed by atoms with Gasteiger partial charge >= 0.3 is 0 Å². The van der Waals surface area contributed by atoms with Gasteiger partial charge in [-0.3, -0.25) is 0 Å². The number of aromatic nitrogens is 4. The SMILES string of the molecule is Cn1nnnc1C(C=CC(O)CC(O)CC(=O)[O-])=C(c1ccc(F)cc1)c1ccc(F)cc1. The van der Waals surface area contributed by atoms with Gasteiger partial charge in [0.25, 0.3) is 0 Å². The van der Waals surface area contributed by atoms with Crippen LogP contribution in [-0.2, 0) is 11.8 Å². The molecule has 0 spiro atoms. The van der Waals surface area contributed by atoms with Crippen LogP contribution in [0.5, 0.6) is 0 Å². The fourth-order valence-corrected chi connectivity index (χ4v) is 3.28. The Bertz CT molecular complexity index is 1110. The lowest BCUT2D eigenvalue weighted by atomic mass is 9.91. The normalized spacial score (nSPS) is 13.1. The number of tetrazole rings is 1. The van der Waals surface area contributed by atoms with Gasteiger partial charge in [-0.05, 0) is 51.4 Å². The molecule has 0 saturated carbocycles. The van der Waals surface area contributed by atoms with Crippen LogP contribution in [0.2, 0.25) is 0 Å². The summed E-state index contributed by atoms with van der Waals surface area (Å²) in [7, 11) is 1.61.